The van der Waals surface area contributed by atoms with Gasteiger partial charge in [-0.15, -0.1) is 0 Å². The summed E-state index contributed by atoms with van der Waals surface area (Å²) < 4.78 is 98.1. The number of fused-ring (bicyclic) bond motifs is 1. The Morgan fingerprint density at radius 3 is 1.80 bits per heavy atom. The lowest BCUT2D eigenvalue weighted by Crippen LogP contribution is -2.54. The molecule has 0 aliphatic carbocycles. The van der Waals surface area contributed by atoms with Gasteiger partial charge in [0.05, 0.1) is 12.9 Å². The number of rotatable bonds is 11. The average Bonchev–Trinajstić information content (AvgIpc) is 3.45. The molecule has 20 heteroatoms. The van der Waals surface area contributed by atoms with Crippen molar-refractivity contribution in [3.63, 3.8) is 0 Å². The topological polar surface area (TPSA) is 153 Å². The monoisotopic (exact) mass is 799 g/mol. The van der Waals surface area contributed by atoms with E-state index in [2.05, 4.69) is 126 Å². The van der Waals surface area contributed by atoms with Gasteiger partial charge in [0, 0.05) is 6.92 Å². The average molecular weight is 800 g/mol. The zero-order chi connectivity index (χ0) is 39.6. The van der Waals surface area contributed by atoms with Crippen LogP contribution in [-0.4, -0.2) is 89.2 Å². The predicted molar refractivity (Wildman–Crippen MR) is 196 cm³/mol. The van der Waals surface area contributed by atoms with Gasteiger partial charge in [0.15, 0.2) is 42.3 Å². The second-order valence-corrected chi connectivity index (χ2v) is 33.5. The first-order chi connectivity index (χ1) is 22.6. The third-order valence-corrected chi connectivity index (χ3v) is 25.0. The van der Waals surface area contributed by atoms with Gasteiger partial charge in [-0.2, -0.15) is 31.6 Å². The summed E-state index contributed by atoms with van der Waals surface area (Å²) in [6.07, 6.45) is -1.91. The van der Waals surface area contributed by atoms with Crippen LogP contribution in [0, 0.1) is 0 Å². The number of alkyl halides is 3. The van der Waals surface area contributed by atoms with Crippen LogP contribution in [0.25, 0.3) is 11.2 Å². The molecule has 1 amide bonds. The SMILES string of the molecule is CC(=O)Nc1nc(OS(=O)(=O)C(F)(F)F)c2ncn([C@@H]3O[C@H](CO[Si](C)(C)C(C)(C)C)[C@@H](O[Si](C)(C)C(C)(C)C)[C@H]3O[Si](C)(C)C(C)(C)C)c2n1. The minimum absolute atomic E-state index is 0.109. The molecule has 2 aromatic heterocycles. The zero-order valence-electron chi connectivity index (χ0n) is 32.7. The van der Waals surface area contributed by atoms with Gasteiger partial charge in [-0.05, 0) is 54.4 Å². The van der Waals surface area contributed by atoms with Crippen molar-refractivity contribution in [2.75, 3.05) is 11.9 Å². The molecule has 1 aliphatic rings. The molecule has 0 bridgehead atoms. The molecule has 2 aromatic rings. The number of hydrogen-bond acceptors (Lipinski definition) is 11. The highest BCUT2D eigenvalue weighted by Crippen LogP contribution is 2.47. The molecule has 1 aliphatic heterocycles. The Kier molecular flexibility index (Phi) is 12.0. The summed E-state index contributed by atoms with van der Waals surface area (Å²) >= 11 is 0. The summed E-state index contributed by atoms with van der Waals surface area (Å²) in [6.45, 7) is 33.0. The van der Waals surface area contributed by atoms with E-state index in [1.807, 2.05) is 0 Å². The van der Waals surface area contributed by atoms with E-state index in [1.54, 1.807) is 0 Å². The molecule has 51 heavy (non-hydrogen) atoms. The minimum atomic E-state index is -6.16. The summed E-state index contributed by atoms with van der Waals surface area (Å²) in [6, 6.07) is 0. The second-order valence-electron chi connectivity index (χ2n) is 17.7. The first-order valence-electron chi connectivity index (χ1n) is 16.8. The van der Waals surface area contributed by atoms with E-state index in [0.29, 0.717) is 0 Å². The van der Waals surface area contributed by atoms with Crippen LogP contribution in [-0.2, 0) is 32.9 Å². The number of aromatic nitrogens is 4. The predicted octanol–water partition coefficient (Wildman–Crippen LogP) is 7.71. The first kappa shape index (κ1) is 43.5. The molecule has 1 fully saturated rings. The third kappa shape index (κ3) is 9.41. The van der Waals surface area contributed by atoms with Crippen molar-refractivity contribution in [3.05, 3.63) is 6.33 Å². The smallest absolute Gasteiger partial charge is 0.414 e. The molecule has 13 nitrogen and oxygen atoms in total. The zero-order valence-corrected chi connectivity index (χ0v) is 36.5. The Morgan fingerprint density at radius 2 is 1.35 bits per heavy atom. The molecule has 3 rings (SSSR count). The van der Waals surface area contributed by atoms with Crippen LogP contribution in [0.2, 0.25) is 54.4 Å². The van der Waals surface area contributed by atoms with Gasteiger partial charge in [0.2, 0.25) is 11.9 Å². The van der Waals surface area contributed by atoms with Crippen LogP contribution < -0.4 is 9.50 Å². The molecule has 0 saturated carbocycles. The van der Waals surface area contributed by atoms with E-state index in [1.165, 1.54) is 10.9 Å². The maximum absolute atomic E-state index is 13.4. The van der Waals surface area contributed by atoms with E-state index < -0.39 is 88.4 Å². The van der Waals surface area contributed by atoms with Crippen LogP contribution in [0.3, 0.4) is 0 Å². The van der Waals surface area contributed by atoms with E-state index in [9.17, 15) is 26.4 Å². The Bertz CT molecular complexity index is 1700. The van der Waals surface area contributed by atoms with Crippen molar-refractivity contribution in [2.45, 2.75) is 154 Å². The van der Waals surface area contributed by atoms with E-state index in [0.717, 1.165) is 6.92 Å². The van der Waals surface area contributed by atoms with Gasteiger partial charge in [-0.1, -0.05) is 62.3 Å². The van der Waals surface area contributed by atoms with Gasteiger partial charge in [-0.25, -0.2) is 4.98 Å². The standard InChI is InChI=1S/C31H56F3N5O8SSi3/c1-19(40)36-27-37-24-21(25(38-27)45-48(41,42)31(32,33)34)35-18-39(24)26-23(47-51(15,16)30(8,9)10)22(46-50(13,14)29(5,6)7)20(44-26)17-43-49(11,12)28(2,3)4/h18,20,22-23,26H,17H2,1-16H3,(H,36,37,38,40)/t20-,22-,23-,26-/m1/s1. The maximum atomic E-state index is 13.4. The first-order valence-corrected chi connectivity index (χ1v) is 26.9. The fourth-order valence-corrected chi connectivity index (χ4v) is 8.41. The molecule has 4 atom stereocenters. The number of nitrogens with one attached hydrogen (secondary N) is 1. The highest BCUT2D eigenvalue weighted by Gasteiger charge is 2.55. The summed E-state index contributed by atoms with van der Waals surface area (Å²) in [4.78, 5) is 24.3. The highest BCUT2D eigenvalue weighted by atomic mass is 32.2. The Labute approximate surface area is 303 Å². The lowest BCUT2D eigenvalue weighted by atomic mass is 10.1. The van der Waals surface area contributed by atoms with Crippen molar-refractivity contribution in [1.82, 2.24) is 19.5 Å². The van der Waals surface area contributed by atoms with Crippen molar-refractivity contribution in [3.8, 4) is 5.88 Å². The molecular weight excluding hydrogens is 744 g/mol. The van der Waals surface area contributed by atoms with Crippen molar-refractivity contribution < 1.29 is 48.6 Å². The van der Waals surface area contributed by atoms with Gasteiger partial charge in [0.25, 0.3) is 5.88 Å². The minimum Gasteiger partial charge on any atom is -0.414 e. The Balaban J connectivity index is 2.32. The van der Waals surface area contributed by atoms with Gasteiger partial charge in [-0.3, -0.25) is 14.7 Å². The number of carbonyl (C=O) groups excluding carboxylic acids is 1. The summed E-state index contributed by atoms with van der Waals surface area (Å²) in [5.74, 6) is -2.19. The number of anilines is 1. The third-order valence-electron chi connectivity index (χ3n) is 10.6. The second kappa shape index (κ2) is 14.0. The van der Waals surface area contributed by atoms with Gasteiger partial charge in [0.1, 0.15) is 18.3 Å². The molecule has 1 N–H and O–H groups in total. The number of halogens is 3. The Hall–Kier alpha value is -1.95. The number of ether oxygens (including phenoxy) is 1. The fraction of sp³-hybridized carbons (Fsp3) is 0.806. The van der Waals surface area contributed by atoms with Crippen LogP contribution >= 0.6 is 0 Å². The molecular formula is C31H56F3N5O8SSi3. The molecule has 3 heterocycles. The molecule has 1 saturated heterocycles. The number of hydrogen-bond donors (Lipinski definition) is 1. The molecule has 0 spiro atoms. The normalized spacial score (nSPS) is 21.7. The van der Waals surface area contributed by atoms with Gasteiger partial charge < -0.3 is 22.2 Å². The van der Waals surface area contributed by atoms with E-state index >= 15 is 0 Å². The molecule has 0 unspecified atom stereocenters. The van der Waals surface area contributed by atoms with Crippen LogP contribution in [0.15, 0.2) is 6.33 Å². The number of amides is 1. The number of carbonyl (C=O) groups is 1. The Morgan fingerprint density at radius 1 is 0.863 bits per heavy atom. The molecule has 0 radical (unpaired) electrons. The van der Waals surface area contributed by atoms with Crippen LogP contribution in [0.1, 0.15) is 75.5 Å². The number of imidazole rings is 1. The van der Waals surface area contributed by atoms with E-state index in [4.69, 9.17) is 18.0 Å². The van der Waals surface area contributed by atoms with E-state index in [-0.39, 0.29) is 27.4 Å². The lowest BCUT2D eigenvalue weighted by Gasteiger charge is -2.44. The summed E-state index contributed by atoms with van der Waals surface area (Å²) in [5.41, 5.74) is -6.33. The number of nitrogens with zero attached hydrogens (tertiary/aromatic N) is 4. The van der Waals surface area contributed by atoms with Crippen molar-refractivity contribution in [2.24, 2.45) is 0 Å². The summed E-state index contributed by atoms with van der Waals surface area (Å²) in [7, 11) is -13.6. The summed E-state index contributed by atoms with van der Waals surface area (Å²) in [5, 5.41) is 1.74. The van der Waals surface area contributed by atoms with Gasteiger partial charge >= 0.3 is 15.6 Å². The highest BCUT2D eigenvalue weighted by molar-refractivity contribution is 7.88. The van der Waals surface area contributed by atoms with Crippen LogP contribution in [0.5, 0.6) is 5.88 Å². The molecule has 292 valence electrons. The largest absolute Gasteiger partial charge is 0.534 e. The lowest BCUT2D eigenvalue weighted by molar-refractivity contribution is -0.114. The maximum Gasteiger partial charge on any atom is 0.534 e. The molecule has 0 aromatic carbocycles. The fourth-order valence-electron chi connectivity index (χ4n) is 4.37. The van der Waals surface area contributed by atoms with Crippen molar-refractivity contribution >= 4 is 58.1 Å². The van der Waals surface area contributed by atoms with Crippen molar-refractivity contribution in [1.29, 1.82) is 0 Å². The van der Waals surface area contributed by atoms with Crippen LogP contribution in [0.4, 0.5) is 19.1 Å². The quantitative estimate of drug-likeness (QED) is 0.135.